The van der Waals surface area contributed by atoms with E-state index in [1.807, 2.05) is 0 Å². The van der Waals surface area contributed by atoms with Gasteiger partial charge < -0.3 is 25.0 Å². The van der Waals surface area contributed by atoms with Crippen LogP contribution in [0.2, 0.25) is 0 Å². The molecule has 0 radical (unpaired) electrons. The average Bonchev–Trinajstić information content (AvgIpc) is 2.46. The van der Waals surface area contributed by atoms with Crippen molar-refractivity contribution in [3.8, 4) is 0 Å². The Morgan fingerprint density at radius 2 is 1.71 bits per heavy atom. The number of methoxy groups -OCH3 is 2. The summed E-state index contributed by atoms with van der Waals surface area (Å²) >= 11 is 4.82. The molecule has 0 aromatic rings. The second-order valence-corrected chi connectivity index (χ2v) is 5.49. The van der Waals surface area contributed by atoms with Gasteiger partial charge in [0.2, 0.25) is 5.91 Å². The summed E-state index contributed by atoms with van der Waals surface area (Å²) in [6.07, 6.45) is 2.01. The van der Waals surface area contributed by atoms with Gasteiger partial charge in [0.1, 0.15) is 0 Å². The van der Waals surface area contributed by atoms with Crippen molar-refractivity contribution in [3.05, 3.63) is 0 Å². The Kier molecular flexibility index (Phi) is 12.5. The number of nitrogens with two attached hydrogens (primary N) is 1. The largest absolute Gasteiger partial charge is 0.393 e. The Bertz CT molecular complexity index is 303. The van der Waals surface area contributed by atoms with Gasteiger partial charge >= 0.3 is 0 Å². The molecule has 6 nitrogen and oxygen atoms in total. The van der Waals surface area contributed by atoms with Crippen molar-refractivity contribution in [1.82, 2.24) is 9.80 Å². The maximum Gasteiger partial charge on any atom is 0.223 e. The van der Waals surface area contributed by atoms with Gasteiger partial charge in [-0.25, -0.2) is 0 Å². The molecule has 0 fully saturated rings. The third-order valence-corrected chi connectivity index (χ3v) is 3.40. The van der Waals surface area contributed by atoms with Gasteiger partial charge in [0, 0.05) is 66.9 Å². The maximum absolute atomic E-state index is 12.0. The minimum atomic E-state index is 0.111. The Morgan fingerprint density at radius 1 is 1.05 bits per heavy atom. The molecule has 7 heteroatoms. The molecule has 0 rings (SSSR count). The third kappa shape index (κ3) is 11.6. The molecule has 21 heavy (non-hydrogen) atoms. The lowest BCUT2D eigenvalue weighted by Gasteiger charge is -2.23. The molecule has 0 atom stereocenters. The molecule has 0 saturated heterocycles. The van der Waals surface area contributed by atoms with Crippen LogP contribution in [0, 0.1) is 0 Å². The first-order valence-electron chi connectivity index (χ1n) is 7.23. The molecular weight excluding hydrogens is 290 g/mol. The zero-order valence-corrected chi connectivity index (χ0v) is 14.3. The van der Waals surface area contributed by atoms with Crippen molar-refractivity contribution < 1.29 is 14.3 Å². The first-order chi connectivity index (χ1) is 10.0. The van der Waals surface area contributed by atoms with Crippen molar-refractivity contribution in [2.45, 2.75) is 19.3 Å². The van der Waals surface area contributed by atoms with Gasteiger partial charge in [-0.3, -0.25) is 4.79 Å². The first kappa shape index (κ1) is 20.2. The zero-order chi connectivity index (χ0) is 16.1. The highest BCUT2D eigenvalue weighted by atomic mass is 32.1. The van der Waals surface area contributed by atoms with Gasteiger partial charge in [0.15, 0.2) is 0 Å². The van der Waals surface area contributed by atoms with E-state index in [0.29, 0.717) is 31.0 Å². The van der Waals surface area contributed by atoms with E-state index in [-0.39, 0.29) is 5.91 Å². The summed E-state index contributed by atoms with van der Waals surface area (Å²) in [5.41, 5.74) is 5.45. The number of ether oxygens (including phenoxy) is 2. The van der Waals surface area contributed by atoms with Crippen LogP contribution >= 0.6 is 12.2 Å². The van der Waals surface area contributed by atoms with Crippen molar-refractivity contribution in [2.75, 3.05) is 60.7 Å². The summed E-state index contributed by atoms with van der Waals surface area (Å²) in [6, 6.07) is 0. The Morgan fingerprint density at radius 3 is 2.29 bits per heavy atom. The predicted molar refractivity (Wildman–Crippen MR) is 88.5 cm³/mol. The van der Waals surface area contributed by atoms with Crippen LogP contribution < -0.4 is 5.73 Å². The van der Waals surface area contributed by atoms with Crippen LogP contribution in [-0.4, -0.2) is 81.4 Å². The SMILES string of the molecule is COCCCN(CCOC)CCC(=O)N(C)CCC(N)=S. The quantitative estimate of drug-likeness (QED) is 0.394. The molecule has 0 heterocycles. The third-order valence-electron chi connectivity index (χ3n) is 3.20. The summed E-state index contributed by atoms with van der Waals surface area (Å²) in [4.78, 5) is 16.4. The van der Waals surface area contributed by atoms with Crippen molar-refractivity contribution in [1.29, 1.82) is 0 Å². The van der Waals surface area contributed by atoms with Gasteiger partial charge in [-0.1, -0.05) is 12.2 Å². The standard InChI is InChI=1S/C14H29N3O3S/c1-16(8-5-13(15)21)14(18)6-9-17(10-12-20-3)7-4-11-19-2/h4-12H2,1-3H3,(H2,15,21). The molecule has 0 unspecified atom stereocenters. The fraction of sp³-hybridized carbons (Fsp3) is 0.857. The van der Waals surface area contributed by atoms with E-state index in [4.69, 9.17) is 27.4 Å². The minimum absolute atomic E-state index is 0.111. The topological polar surface area (TPSA) is 68.0 Å². The van der Waals surface area contributed by atoms with E-state index in [9.17, 15) is 4.79 Å². The number of thiocarbonyl (C=S) groups is 1. The number of amides is 1. The van der Waals surface area contributed by atoms with Gasteiger partial charge in [0.25, 0.3) is 0 Å². The van der Waals surface area contributed by atoms with Gasteiger partial charge in [-0.05, 0) is 6.42 Å². The maximum atomic E-state index is 12.0. The highest BCUT2D eigenvalue weighted by Gasteiger charge is 2.12. The van der Waals surface area contributed by atoms with Crippen LogP contribution in [-0.2, 0) is 14.3 Å². The number of hydrogen-bond acceptors (Lipinski definition) is 5. The molecule has 0 aliphatic heterocycles. The lowest BCUT2D eigenvalue weighted by atomic mass is 10.3. The van der Waals surface area contributed by atoms with Crippen LogP contribution in [0.5, 0.6) is 0 Å². The summed E-state index contributed by atoms with van der Waals surface area (Å²) in [5, 5.41) is 0. The lowest BCUT2D eigenvalue weighted by Crippen LogP contribution is -2.35. The van der Waals surface area contributed by atoms with E-state index in [0.717, 1.165) is 32.7 Å². The molecular formula is C14H29N3O3S. The van der Waals surface area contributed by atoms with Gasteiger partial charge in [0.05, 0.1) is 11.6 Å². The van der Waals surface area contributed by atoms with Crippen LogP contribution in [0.25, 0.3) is 0 Å². The molecule has 0 aromatic heterocycles. The average molecular weight is 319 g/mol. The summed E-state index contributed by atoms with van der Waals surface area (Å²) in [7, 11) is 5.16. The van der Waals surface area contributed by atoms with E-state index in [2.05, 4.69) is 4.90 Å². The van der Waals surface area contributed by atoms with Crippen molar-refractivity contribution >= 4 is 23.1 Å². The number of carbonyl (C=O) groups excluding carboxylic acids is 1. The lowest BCUT2D eigenvalue weighted by molar-refractivity contribution is -0.130. The zero-order valence-electron chi connectivity index (χ0n) is 13.5. The normalized spacial score (nSPS) is 10.9. The second-order valence-electron chi connectivity index (χ2n) is 4.96. The molecule has 0 aliphatic rings. The van der Waals surface area contributed by atoms with E-state index >= 15 is 0 Å². The van der Waals surface area contributed by atoms with E-state index in [1.165, 1.54) is 0 Å². The number of carbonyl (C=O) groups is 1. The molecule has 0 spiro atoms. The Hall–Kier alpha value is -0.760. The van der Waals surface area contributed by atoms with Crippen LogP contribution in [0.1, 0.15) is 19.3 Å². The highest BCUT2D eigenvalue weighted by Crippen LogP contribution is 1.99. The van der Waals surface area contributed by atoms with Crippen molar-refractivity contribution in [3.63, 3.8) is 0 Å². The summed E-state index contributed by atoms with van der Waals surface area (Å²) in [6.45, 7) is 4.42. The van der Waals surface area contributed by atoms with E-state index in [1.54, 1.807) is 26.2 Å². The van der Waals surface area contributed by atoms with Crippen LogP contribution in [0.15, 0.2) is 0 Å². The molecule has 124 valence electrons. The molecule has 2 N–H and O–H groups in total. The molecule has 0 aromatic carbocycles. The molecule has 0 bridgehead atoms. The second kappa shape index (κ2) is 12.9. The number of nitrogens with zero attached hydrogens (tertiary/aromatic N) is 2. The van der Waals surface area contributed by atoms with Crippen molar-refractivity contribution in [2.24, 2.45) is 5.73 Å². The molecule has 0 saturated carbocycles. The Labute approximate surface area is 133 Å². The Balaban J connectivity index is 4.06. The predicted octanol–water partition coefficient (Wildman–Crippen LogP) is 0.496. The molecule has 1 amide bonds. The first-order valence-corrected chi connectivity index (χ1v) is 7.64. The minimum Gasteiger partial charge on any atom is -0.393 e. The summed E-state index contributed by atoms with van der Waals surface area (Å²) < 4.78 is 10.2. The number of hydrogen-bond donors (Lipinski definition) is 1. The van der Waals surface area contributed by atoms with Gasteiger partial charge in [-0.15, -0.1) is 0 Å². The van der Waals surface area contributed by atoms with E-state index < -0.39 is 0 Å². The number of rotatable bonds is 13. The monoisotopic (exact) mass is 319 g/mol. The highest BCUT2D eigenvalue weighted by molar-refractivity contribution is 7.80. The fourth-order valence-electron chi connectivity index (χ4n) is 1.84. The van der Waals surface area contributed by atoms with Gasteiger partial charge in [-0.2, -0.15) is 0 Å². The van der Waals surface area contributed by atoms with Crippen LogP contribution in [0.4, 0.5) is 0 Å². The molecule has 0 aliphatic carbocycles. The smallest absolute Gasteiger partial charge is 0.223 e. The summed E-state index contributed by atoms with van der Waals surface area (Å²) in [5.74, 6) is 0.111. The van der Waals surface area contributed by atoms with Crippen LogP contribution in [0.3, 0.4) is 0 Å². The fourth-order valence-corrected chi connectivity index (χ4v) is 1.93.